The first-order valence-corrected chi connectivity index (χ1v) is 5.28. The monoisotopic (exact) mass is 177 g/mol. The number of hydrogen-bond donors (Lipinski definition) is 0. The Morgan fingerprint density at radius 1 is 1.36 bits per heavy atom. The van der Waals surface area contributed by atoms with E-state index in [0.29, 0.717) is 13.1 Å². The first kappa shape index (κ1) is 10.7. The molecule has 4 heteroatoms. The second-order valence-electron chi connectivity index (χ2n) is 2.15. The van der Waals surface area contributed by atoms with Crippen LogP contribution in [0.4, 0.5) is 0 Å². The molecule has 0 atom stereocenters. The highest BCUT2D eigenvalue weighted by atomic mass is 32.2. The first-order chi connectivity index (χ1) is 5.08. The van der Waals surface area contributed by atoms with Crippen LogP contribution >= 0.6 is 0 Å². The molecule has 0 heterocycles. The summed E-state index contributed by atoms with van der Waals surface area (Å²) in [6, 6.07) is 0. The van der Waals surface area contributed by atoms with Crippen LogP contribution in [0.5, 0.6) is 0 Å². The van der Waals surface area contributed by atoms with Gasteiger partial charge in [-0.15, -0.1) is 6.58 Å². The minimum absolute atomic E-state index is 0.0364. The highest BCUT2D eigenvalue weighted by molar-refractivity contribution is 7.89. The van der Waals surface area contributed by atoms with E-state index < -0.39 is 10.0 Å². The molecule has 0 saturated heterocycles. The lowest BCUT2D eigenvalue weighted by atomic mass is 10.7. The van der Waals surface area contributed by atoms with E-state index in [0.717, 1.165) is 0 Å². The molecule has 0 aliphatic heterocycles. The van der Waals surface area contributed by atoms with Gasteiger partial charge >= 0.3 is 0 Å². The smallest absolute Gasteiger partial charge is 0.212 e. The highest BCUT2D eigenvalue weighted by Gasteiger charge is 2.15. The van der Waals surface area contributed by atoms with E-state index in [2.05, 4.69) is 6.58 Å². The molecule has 0 unspecified atom stereocenters. The largest absolute Gasteiger partial charge is 0.217 e. The van der Waals surface area contributed by atoms with Gasteiger partial charge < -0.3 is 0 Å². The summed E-state index contributed by atoms with van der Waals surface area (Å²) in [4.78, 5) is 0. The summed E-state index contributed by atoms with van der Waals surface area (Å²) >= 11 is 0. The molecule has 0 radical (unpaired) electrons. The molecule has 0 saturated carbocycles. The predicted octanol–water partition coefficient (Wildman–Crippen LogP) is 0.844. The molecular weight excluding hydrogens is 162 g/mol. The maximum absolute atomic E-state index is 11.2. The van der Waals surface area contributed by atoms with Crippen molar-refractivity contribution in [3.8, 4) is 0 Å². The van der Waals surface area contributed by atoms with Crippen LogP contribution < -0.4 is 0 Å². The fourth-order valence-corrected chi connectivity index (χ4v) is 2.17. The Balaban J connectivity index is 4.38. The lowest BCUT2D eigenvalue weighted by molar-refractivity contribution is 0.447. The van der Waals surface area contributed by atoms with Crippen molar-refractivity contribution in [3.63, 3.8) is 0 Å². The third-order valence-corrected chi connectivity index (χ3v) is 3.39. The summed E-state index contributed by atoms with van der Waals surface area (Å²) in [6.45, 7) is 8.11. The summed E-state index contributed by atoms with van der Waals surface area (Å²) in [5, 5.41) is 0. The van der Waals surface area contributed by atoms with Crippen LogP contribution in [-0.4, -0.2) is 31.6 Å². The van der Waals surface area contributed by atoms with Crippen LogP contribution in [-0.2, 0) is 10.0 Å². The van der Waals surface area contributed by atoms with Gasteiger partial charge in [0.25, 0.3) is 0 Å². The number of sulfonamides is 1. The van der Waals surface area contributed by atoms with Crippen LogP contribution in [0.3, 0.4) is 0 Å². The lowest BCUT2D eigenvalue weighted by Gasteiger charge is -2.16. The number of rotatable bonds is 5. The van der Waals surface area contributed by atoms with Gasteiger partial charge in [-0.2, -0.15) is 0 Å². The minimum Gasteiger partial charge on any atom is -0.212 e. The Kier molecular flexibility index (Phi) is 4.37. The third kappa shape index (κ3) is 3.03. The molecule has 66 valence electrons. The van der Waals surface area contributed by atoms with Gasteiger partial charge in [0, 0.05) is 13.1 Å². The predicted molar refractivity (Wildman–Crippen MR) is 46.9 cm³/mol. The van der Waals surface area contributed by atoms with Crippen molar-refractivity contribution in [2.75, 3.05) is 18.8 Å². The molecule has 0 aromatic heterocycles. The molecule has 11 heavy (non-hydrogen) atoms. The zero-order chi connectivity index (χ0) is 8.91. The summed E-state index contributed by atoms with van der Waals surface area (Å²) in [6.07, 6.45) is 1.41. The second-order valence-corrected chi connectivity index (χ2v) is 4.17. The average molecular weight is 177 g/mol. The molecule has 0 aliphatic carbocycles. The Morgan fingerprint density at radius 3 is 2.09 bits per heavy atom. The summed E-state index contributed by atoms with van der Waals surface area (Å²) < 4.78 is 23.9. The Hall–Kier alpha value is -0.350. The van der Waals surface area contributed by atoms with Crippen LogP contribution in [0.1, 0.15) is 13.8 Å². The summed E-state index contributed by atoms with van der Waals surface area (Å²) in [5.74, 6) is 0.0364. The van der Waals surface area contributed by atoms with Gasteiger partial charge in [-0.25, -0.2) is 12.7 Å². The Labute approximate surface area is 68.8 Å². The maximum atomic E-state index is 11.2. The van der Waals surface area contributed by atoms with Gasteiger partial charge in [-0.1, -0.05) is 19.9 Å². The van der Waals surface area contributed by atoms with E-state index >= 15 is 0 Å². The molecule has 3 nitrogen and oxygen atoms in total. The van der Waals surface area contributed by atoms with Crippen molar-refractivity contribution in [2.24, 2.45) is 0 Å². The quantitative estimate of drug-likeness (QED) is 0.584. The van der Waals surface area contributed by atoms with Crippen LogP contribution in [0.25, 0.3) is 0 Å². The summed E-state index contributed by atoms with van der Waals surface area (Å²) in [7, 11) is -3.06. The molecule has 0 fully saturated rings. The third-order valence-electron chi connectivity index (χ3n) is 1.43. The average Bonchev–Trinajstić information content (AvgIpc) is 1.89. The molecule has 0 aliphatic rings. The van der Waals surface area contributed by atoms with E-state index in [-0.39, 0.29) is 5.75 Å². The zero-order valence-electron chi connectivity index (χ0n) is 7.08. The van der Waals surface area contributed by atoms with Crippen molar-refractivity contribution in [1.82, 2.24) is 4.31 Å². The molecule has 0 spiro atoms. The normalized spacial score (nSPS) is 11.9. The topological polar surface area (TPSA) is 37.4 Å². The molecular formula is C7H15NO2S. The van der Waals surface area contributed by atoms with Crippen molar-refractivity contribution in [2.45, 2.75) is 13.8 Å². The van der Waals surface area contributed by atoms with E-state index in [1.165, 1.54) is 10.4 Å². The van der Waals surface area contributed by atoms with Gasteiger partial charge in [-0.05, 0) is 0 Å². The zero-order valence-corrected chi connectivity index (χ0v) is 7.89. The van der Waals surface area contributed by atoms with Gasteiger partial charge in [0.05, 0.1) is 5.75 Å². The summed E-state index contributed by atoms with van der Waals surface area (Å²) in [5.41, 5.74) is 0. The lowest BCUT2D eigenvalue weighted by Crippen LogP contribution is -2.32. The van der Waals surface area contributed by atoms with E-state index in [1.807, 2.05) is 13.8 Å². The van der Waals surface area contributed by atoms with Crippen molar-refractivity contribution in [3.05, 3.63) is 12.7 Å². The fraction of sp³-hybridized carbons (Fsp3) is 0.714. The van der Waals surface area contributed by atoms with E-state index in [1.54, 1.807) is 0 Å². The Morgan fingerprint density at radius 2 is 1.82 bits per heavy atom. The van der Waals surface area contributed by atoms with Crippen LogP contribution in [0.15, 0.2) is 12.7 Å². The molecule has 0 amide bonds. The SMILES string of the molecule is C=CCS(=O)(=O)N(CC)CC. The van der Waals surface area contributed by atoms with E-state index in [4.69, 9.17) is 0 Å². The molecule has 0 aromatic carbocycles. The number of hydrogen-bond acceptors (Lipinski definition) is 2. The fourth-order valence-electron chi connectivity index (χ4n) is 0.871. The standard InChI is InChI=1S/C7H15NO2S/c1-4-7-11(9,10)8(5-2)6-3/h4H,1,5-7H2,2-3H3. The second kappa shape index (κ2) is 4.51. The van der Waals surface area contributed by atoms with Gasteiger partial charge in [-0.3, -0.25) is 0 Å². The number of nitrogens with zero attached hydrogens (tertiary/aromatic N) is 1. The van der Waals surface area contributed by atoms with Crippen LogP contribution in [0, 0.1) is 0 Å². The first-order valence-electron chi connectivity index (χ1n) is 3.67. The van der Waals surface area contributed by atoms with Crippen molar-refractivity contribution < 1.29 is 8.42 Å². The van der Waals surface area contributed by atoms with Gasteiger partial charge in [0.15, 0.2) is 0 Å². The van der Waals surface area contributed by atoms with Crippen molar-refractivity contribution >= 4 is 10.0 Å². The van der Waals surface area contributed by atoms with Gasteiger partial charge in [0.1, 0.15) is 0 Å². The Bertz CT molecular complexity index is 204. The van der Waals surface area contributed by atoms with Gasteiger partial charge in [0.2, 0.25) is 10.0 Å². The molecule has 0 rings (SSSR count). The molecule has 0 bridgehead atoms. The van der Waals surface area contributed by atoms with Crippen molar-refractivity contribution in [1.29, 1.82) is 0 Å². The minimum atomic E-state index is -3.06. The molecule has 0 aromatic rings. The van der Waals surface area contributed by atoms with E-state index in [9.17, 15) is 8.42 Å². The highest BCUT2D eigenvalue weighted by Crippen LogP contribution is 1.99. The van der Waals surface area contributed by atoms with Crippen LogP contribution in [0.2, 0.25) is 0 Å². The maximum Gasteiger partial charge on any atom is 0.217 e. The molecule has 0 N–H and O–H groups in total.